The van der Waals surface area contributed by atoms with E-state index < -0.39 is 0 Å². The molecular weight excluding hydrogens is 182 g/mol. The molecule has 9 heavy (non-hydrogen) atoms. The maximum Gasteiger partial charge on any atom is 0.102 e. The summed E-state index contributed by atoms with van der Waals surface area (Å²) in [5, 5.41) is 8.52. The fourth-order valence-electron chi connectivity index (χ4n) is 0.429. The molecule has 0 atom stereocenters. The average molecular weight is 198 g/mol. The van der Waals surface area contributed by atoms with E-state index in [1.165, 1.54) is 0 Å². The second kappa shape index (κ2) is 5.21. The lowest BCUT2D eigenvalue weighted by atomic mass is 10.5. The minimum Gasteiger partial charge on any atom is -1.00 e. The van der Waals surface area contributed by atoms with Gasteiger partial charge >= 0.3 is 0 Å². The molecule has 0 unspecified atom stereocenters. The molecule has 0 rings (SSSR count). The van der Waals surface area contributed by atoms with E-state index in [1.54, 1.807) is 0 Å². The largest absolute Gasteiger partial charge is 1.00 e. The van der Waals surface area contributed by atoms with Crippen molar-refractivity contribution in [3.8, 4) is 0 Å². The molecule has 0 heterocycles. The molecule has 0 spiro atoms. The standard InChI is InChI=1S/C6H16NO.BrH/c1-4-7(2,3)5-6-8;/h8H,4-6H2,1-3H3;1H/q+1;/p-1. The highest BCUT2D eigenvalue weighted by Gasteiger charge is 2.08. The molecule has 58 valence electrons. The van der Waals surface area contributed by atoms with E-state index in [-0.39, 0.29) is 17.0 Å². The van der Waals surface area contributed by atoms with Crippen LogP contribution in [0.1, 0.15) is 6.92 Å². The topological polar surface area (TPSA) is 20.2 Å². The Morgan fingerprint density at radius 3 is 1.89 bits per heavy atom. The Balaban J connectivity index is 0. The number of hydrogen-bond acceptors (Lipinski definition) is 1. The lowest BCUT2D eigenvalue weighted by Crippen LogP contribution is -3.00. The van der Waals surface area contributed by atoms with Crippen LogP contribution in [0.25, 0.3) is 0 Å². The Kier molecular flexibility index (Phi) is 7.01. The van der Waals surface area contributed by atoms with E-state index in [9.17, 15) is 0 Å². The summed E-state index contributed by atoms with van der Waals surface area (Å²) in [7, 11) is 4.21. The predicted octanol–water partition coefficient (Wildman–Crippen LogP) is -2.92. The number of nitrogens with zero attached hydrogens (tertiary/aromatic N) is 1. The quantitative estimate of drug-likeness (QED) is 0.482. The third-order valence-corrected chi connectivity index (χ3v) is 1.56. The van der Waals surface area contributed by atoms with Gasteiger partial charge in [0.15, 0.2) is 0 Å². The summed E-state index contributed by atoms with van der Waals surface area (Å²) in [5.74, 6) is 0. The SMILES string of the molecule is CC[N+](C)(C)CCO.[Br-]. The van der Waals surface area contributed by atoms with E-state index in [0.717, 1.165) is 17.6 Å². The second-order valence-corrected chi connectivity index (χ2v) is 2.70. The zero-order valence-electron chi connectivity index (χ0n) is 6.39. The van der Waals surface area contributed by atoms with Crippen molar-refractivity contribution in [3.63, 3.8) is 0 Å². The van der Waals surface area contributed by atoms with Gasteiger partial charge in [0, 0.05) is 0 Å². The van der Waals surface area contributed by atoms with Gasteiger partial charge in [-0.05, 0) is 6.92 Å². The number of halogens is 1. The van der Waals surface area contributed by atoms with Gasteiger partial charge in [-0.15, -0.1) is 0 Å². The first kappa shape index (κ1) is 12.1. The highest BCUT2D eigenvalue weighted by molar-refractivity contribution is 4.24. The third-order valence-electron chi connectivity index (χ3n) is 1.56. The zero-order valence-corrected chi connectivity index (χ0v) is 7.98. The van der Waals surface area contributed by atoms with Gasteiger partial charge in [-0.1, -0.05) is 0 Å². The van der Waals surface area contributed by atoms with Crippen LogP contribution in [0.2, 0.25) is 0 Å². The fraction of sp³-hybridized carbons (Fsp3) is 1.00. The summed E-state index contributed by atoms with van der Waals surface area (Å²) < 4.78 is 0.913. The maximum atomic E-state index is 8.52. The van der Waals surface area contributed by atoms with Gasteiger partial charge in [-0.2, -0.15) is 0 Å². The predicted molar refractivity (Wildman–Crippen MR) is 34.6 cm³/mol. The Labute approximate surface area is 67.8 Å². The molecular formula is C6H16BrNO. The monoisotopic (exact) mass is 197 g/mol. The van der Waals surface area contributed by atoms with Crippen LogP contribution >= 0.6 is 0 Å². The normalized spacial score (nSPS) is 10.7. The highest BCUT2D eigenvalue weighted by atomic mass is 79.9. The van der Waals surface area contributed by atoms with E-state index in [2.05, 4.69) is 21.0 Å². The van der Waals surface area contributed by atoms with Crippen LogP contribution < -0.4 is 17.0 Å². The fourth-order valence-corrected chi connectivity index (χ4v) is 0.429. The number of aliphatic hydroxyl groups is 1. The smallest absolute Gasteiger partial charge is 0.102 e. The molecule has 0 saturated heterocycles. The van der Waals surface area contributed by atoms with Gasteiger partial charge in [0.05, 0.1) is 27.2 Å². The minimum atomic E-state index is 0. The molecule has 2 nitrogen and oxygen atoms in total. The molecule has 0 fully saturated rings. The van der Waals surface area contributed by atoms with Crippen molar-refractivity contribution in [1.82, 2.24) is 0 Å². The van der Waals surface area contributed by atoms with Crippen LogP contribution in [-0.2, 0) is 0 Å². The first-order chi connectivity index (χ1) is 3.62. The molecule has 0 aromatic carbocycles. The van der Waals surface area contributed by atoms with Crippen LogP contribution in [0, 0.1) is 0 Å². The van der Waals surface area contributed by atoms with Crippen LogP contribution in [0.5, 0.6) is 0 Å². The van der Waals surface area contributed by atoms with Crippen molar-refractivity contribution in [2.45, 2.75) is 6.92 Å². The van der Waals surface area contributed by atoms with Gasteiger partial charge in [0.2, 0.25) is 0 Å². The number of quaternary nitrogens is 1. The first-order valence-electron chi connectivity index (χ1n) is 3.05. The Morgan fingerprint density at radius 2 is 1.78 bits per heavy atom. The van der Waals surface area contributed by atoms with Crippen LogP contribution in [0.4, 0.5) is 0 Å². The summed E-state index contributed by atoms with van der Waals surface area (Å²) in [6.07, 6.45) is 0. The number of aliphatic hydroxyl groups excluding tert-OH is 1. The van der Waals surface area contributed by atoms with Gasteiger partial charge < -0.3 is 26.6 Å². The van der Waals surface area contributed by atoms with Crippen LogP contribution in [0.3, 0.4) is 0 Å². The molecule has 0 saturated carbocycles. The van der Waals surface area contributed by atoms with Gasteiger partial charge in [0.1, 0.15) is 6.54 Å². The van der Waals surface area contributed by atoms with Crippen molar-refractivity contribution in [2.75, 3.05) is 33.8 Å². The van der Waals surface area contributed by atoms with Crippen molar-refractivity contribution < 1.29 is 26.6 Å². The molecule has 0 aliphatic carbocycles. The Hall–Kier alpha value is 0.400. The molecule has 0 radical (unpaired) electrons. The van der Waals surface area contributed by atoms with Crippen LogP contribution in [0.15, 0.2) is 0 Å². The summed E-state index contributed by atoms with van der Waals surface area (Å²) in [6.45, 7) is 4.35. The van der Waals surface area contributed by atoms with Gasteiger partial charge in [-0.3, -0.25) is 0 Å². The van der Waals surface area contributed by atoms with Crippen molar-refractivity contribution in [1.29, 1.82) is 0 Å². The molecule has 0 aliphatic heterocycles. The Bertz CT molecular complexity index is 66.1. The van der Waals surface area contributed by atoms with Crippen molar-refractivity contribution in [2.24, 2.45) is 0 Å². The van der Waals surface area contributed by atoms with E-state index in [0.29, 0.717) is 6.61 Å². The molecule has 0 bridgehead atoms. The summed E-state index contributed by atoms with van der Waals surface area (Å²) in [4.78, 5) is 0. The van der Waals surface area contributed by atoms with Gasteiger partial charge in [-0.25, -0.2) is 0 Å². The number of likely N-dealkylation sites (N-methyl/N-ethyl adjacent to an activating group) is 1. The van der Waals surface area contributed by atoms with E-state index in [4.69, 9.17) is 5.11 Å². The molecule has 0 aromatic heterocycles. The van der Waals surface area contributed by atoms with Crippen molar-refractivity contribution in [3.05, 3.63) is 0 Å². The van der Waals surface area contributed by atoms with E-state index in [1.807, 2.05) is 0 Å². The maximum absolute atomic E-state index is 8.52. The lowest BCUT2D eigenvalue weighted by molar-refractivity contribution is -0.888. The minimum absolute atomic E-state index is 0. The average Bonchev–Trinajstić information content (AvgIpc) is 1.67. The second-order valence-electron chi connectivity index (χ2n) is 2.70. The summed E-state index contributed by atoms with van der Waals surface area (Å²) in [6, 6.07) is 0. The summed E-state index contributed by atoms with van der Waals surface area (Å²) >= 11 is 0. The Morgan fingerprint density at radius 1 is 1.33 bits per heavy atom. The number of hydrogen-bond donors (Lipinski definition) is 1. The third kappa shape index (κ3) is 6.28. The highest BCUT2D eigenvalue weighted by Crippen LogP contribution is 1.92. The molecule has 1 N–H and O–H groups in total. The zero-order chi connectivity index (χ0) is 6.62. The summed E-state index contributed by atoms with van der Waals surface area (Å²) in [5.41, 5.74) is 0. The lowest BCUT2D eigenvalue weighted by Gasteiger charge is -2.26. The molecule has 0 aliphatic rings. The van der Waals surface area contributed by atoms with Crippen LogP contribution in [-0.4, -0.2) is 43.4 Å². The first-order valence-corrected chi connectivity index (χ1v) is 3.05. The van der Waals surface area contributed by atoms with Crippen molar-refractivity contribution >= 4 is 0 Å². The molecule has 3 heteroatoms. The van der Waals surface area contributed by atoms with Gasteiger partial charge in [0.25, 0.3) is 0 Å². The molecule has 0 amide bonds. The van der Waals surface area contributed by atoms with E-state index >= 15 is 0 Å². The molecule has 0 aromatic rings. The number of rotatable bonds is 3.